The van der Waals surface area contributed by atoms with Crippen LogP contribution >= 0.6 is 0 Å². The zero-order valence-electron chi connectivity index (χ0n) is 18.2. The Balaban J connectivity index is 1.35. The second kappa shape index (κ2) is 9.27. The Morgan fingerprint density at radius 2 is 1.88 bits per heavy atom. The van der Waals surface area contributed by atoms with Gasteiger partial charge < -0.3 is 20.4 Å². The van der Waals surface area contributed by atoms with Crippen LogP contribution in [0, 0.1) is 5.92 Å². The molecule has 1 aliphatic heterocycles. The zero-order chi connectivity index (χ0) is 22.6. The van der Waals surface area contributed by atoms with Crippen molar-refractivity contribution in [2.24, 2.45) is 5.92 Å². The number of nitrogens with zero attached hydrogens (tertiary/aromatic N) is 6. The molecule has 3 heterocycles. The molecule has 5 rings (SSSR count). The van der Waals surface area contributed by atoms with Gasteiger partial charge >= 0.3 is 6.03 Å². The third-order valence-corrected chi connectivity index (χ3v) is 5.96. The summed E-state index contributed by atoms with van der Waals surface area (Å²) in [6.07, 6.45) is 8.94. The molecule has 3 amide bonds. The first-order valence-electron chi connectivity index (χ1n) is 11.1. The first kappa shape index (κ1) is 20.9. The van der Waals surface area contributed by atoms with Crippen molar-refractivity contribution < 1.29 is 9.59 Å². The monoisotopic (exact) mass is 446 g/mol. The maximum Gasteiger partial charge on any atom is 0.321 e. The molecule has 2 aliphatic rings. The van der Waals surface area contributed by atoms with Crippen molar-refractivity contribution in [1.82, 2.24) is 29.7 Å². The normalized spacial score (nSPS) is 18.1. The van der Waals surface area contributed by atoms with E-state index in [0.29, 0.717) is 37.2 Å². The third kappa shape index (κ3) is 4.94. The lowest BCUT2D eigenvalue weighted by atomic mass is 10.1. The number of carbonyl (C=O) groups is 2. The van der Waals surface area contributed by atoms with Gasteiger partial charge in [-0.05, 0) is 30.9 Å². The molecule has 170 valence electrons. The molecule has 2 N–H and O–H groups in total. The number of nitrogens with one attached hydrogen (secondary N) is 2. The Labute approximate surface area is 191 Å². The molecule has 1 unspecified atom stereocenters. The lowest BCUT2D eigenvalue weighted by molar-refractivity contribution is -0.123. The fraction of sp³-hybridized carbons (Fsp3) is 0.348. The SMILES string of the molecule is O=C(NCC1CC1)C1CN(C(=O)Nc2ccccc2)CCN1c1cc(-n2ccnc2)ncn1. The van der Waals surface area contributed by atoms with E-state index >= 15 is 0 Å². The quantitative estimate of drug-likeness (QED) is 0.599. The van der Waals surface area contributed by atoms with Gasteiger partial charge in [-0.15, -0.1) is 0 Å². The van der Waals surface area contributed by atoms with Crippen LogP contribution in [0.2, 0.25) is 0 Å². The van der Waals surface area contributed by atoms with Gasteiger partial charge in [0.25, 0.3) is 0 Å². The van der Waals surface area contributed by atoms with Crippen molar-refractivity contribution in [1.29, 1.82) is 0 Å². The average molecular weight is 447 g/mol. The van der Waals surface area contributed by atoms with Crippen LogP contribution in [0.15, 0.2) is 61.4 Å². The minimum absolute atomic E-state index is 0.0955. The summed E-state index contributed by atoms with van der Waals surface area (Å²) in [6, 6.07) is 10.4. The van der Waals surface area contributed by atoms with Gasteiger partial charge in [0.15, 0.2) is 0 Å². The molecule has 0 radical (unpaired) electrons. The number of imidazole rings is 1. The van der Waals surface area contributed by atoms with Crippen molar-refractivity contribution in [3.05, 3.63) is 61.4 Å². The highest BCUT2D eigenvalue weighted by Gasteiger charge is 2.36. The largest absolute Gasteiger partial charge is 0.354 e. The molecule has 0 spiro atoms. The number of amides is 3. The van der Waals surface area contributed by atoms with Crippen LogP contribution < -0.4 is 15.5 Å². The number of piperazine rings is 1. The highest BCUT2D eigenvalue weighted by Crippen LogP contribution is 2.28. The predicted octanol–water partition coefficient (Wildman–Crippen LogP) is 1.91. The molecule has 33 heavy (non-hydrogen) atoms. The molecule has 10 nitrogen and oxygen atoms in total. The molecule has 0 bridgehead atoms. The fourth-order valence-corrected chi connectivity index (χ4v) is 3.90. The molecule has 10 heteroatoms. The number of aromatic nitrogens is 4. The highest BCUT2D eigenvalue weighted by atomic mass is 16.2. The van der Waals surface area contributed by atoms with Gasteiger partial charge in [-0.2, -0.15) is 0 Å². The molecule has 1 saturated carbocycles. The zero-order valence-corrected chi connectivity index (χ0v) is 18.2. The van der Waals surface area contributed by atoms with Gasteiger partial charge in [0.1, 0.15) is 30.3 Å². The highest BCUT2D eigenvalue weighted by molar-refractivity contribution is 5.91. The van der Waals surface area contributed by atoms with Crippen molar-refractivity contribution in [2.45, 2.75) is 18.9 Å². The number of carbonyl (C=O) groups excluding carboxylic acids is 2. The third-order valence-electron chi connectivity index (χ3n) is 5.96. The summed E-state index contributed by atoms with van der Waals surface area (Å²) in [7, 11) is 0. The van der Waals surface area contributed by atoms with Gasteiger partial charge in [-0.3, -0.25) is 9.36 Å². The number of para-hydroxylation sites is 1. The summed E-state index contributed by atoms with van der Waals surface area (Å²) in [6.45, 7) is 1.88. The van der Waals surface area contributed by atoms with Crippen LogP contribution in [-0.4, -0.2) is 68.6 Å². The van der Waals surface area contributed by atoms with Gasteiger partial charge in [-0.1, -0.05) is 18.2 Å². The molecule has 1 aliphatic carbocycles. The minimum Gasteiger partial charge on any atom is -0.354 e. The van der Waals surface area contributed by atoms with E-state index in [2.05, 4.69) is 25.6 Å². The minimum atomic E-state index is -0.551. The standard InChI is InChI=1S/C23H26N8O2/c32-22(25-13-17-6-7-17)19-14-29(23(33)28-18-4-2-1-3-5-18)10-11-31(19)21-12-20(26-15-27-21)30-9-8-24-16-30/h1-5,8-9,12,15-17,19H,6-7,10-11,13-14H2,(H,25,32)(H,28,33). The van der Waals surface area contributed by atoms with E-state index in [0.717, 1.165) is 18.5 Å². The topological polar surface area (TPSA) is 108 Å². The fourth-order valence-electron chi connectivity index (χ4n) is 3.90. The lowest BCUT2D eigenvalue weighted by Gasteiger charge is -2.41. The van der Waals surface area contributed by atoms with E-state index in [1.807, 2.05) is 41.3 Å². The van der Waals surface area contributed by atoms with Crippen LogP contribution in [0.5, 0.6) is 0 Å². The number of anilines is 2. The number of urea groups is 1. The van der Waals surface area contributed by atoms with E-state index < -0.39 is 6.04 Å². The number of rotatable bonds is 6. The van der Waals surface area contributed by atoms with Crippen LogP contribution in [0.3, 0.4) is 0 Å². The summed E-state index contributed by atoms with van der Waals surface area (Å²) >= 11 is 0. The molecule has 2 fully saturated rings. The average Bonchev–Trinajstić information content (AvgIpc) is 3.53. The van der Waals surface area contributed by atoms with E-state index in [1.54, 1.807) is 28.2 Å². The summed E-state index contributed by atoms with van der Waals surface area (Å²) in [5, 5.41) is 5.98. The molecule has 3 aromatic rings. The van der Waals surface area contributed by atoms with E-state index in [-0.39, 0.29) is 18.5 Å². The van der Waals surface area contributed by atoms with Gasteiger partial charge in [-0.25, -0.2) is 19.7 Å². The maximum absolute atomic E-state index is 13.2. The van der Waals surface area contributed by atoms with E-state index in [4.69, 9.17) is 0 Å². The first-order valence-corrected chi connectivity index (χ1v) is 11.1. The summed E-state index contributed by atoms with van der Waals surface area (Å²) < 4.78 is 1.79. The number of benzene rings is 1. The Bertz CT molecular complexity index is 1100. The summed E-state index contributed by atoms with van der Waals surface area (Å²) in [5.74, 6) is 1.78. The Morgan fingerprint density at radius 3 is 2.64 bits per heavy atom. The van der Waals surface area contributed by atoms with Gasteiger partial charge in [0, 0.05) is 43.8 Å². The van der Waals surface area contributed by atoms with E-state index in [9.17, 15) is 9.59 Å². The number of hydrogen-bond acceptors (Lipinski definition) is 6. The Kier molecular flexibility index (Phi) is 5.88. The molecule has 1 aromatic carbocycles. The Morgan fingerprint density at radius 1 is 1.06 bits per heavy atom. The van der Waals surface area contributed by atoms with Crippen LogP contribution in [0.1, 0.15) is 12.8 Å². The second-order valence-electron chi connectivity index (χ2n) is 8.34. The molecule has 1 atom stereocenters. The number of hydrogen-bond donors (Lipinski definition) is 2. The smallest absolute Gasteiger partial charge is 0.321 e. The predicted molar refractivity (Wildman–Crippen MR) is 123 cm³/mol. The molecule has 1 saturated heterocycles. The first-order chi connectivity index (χ1) is 16.2. The lowest BCUT2D eigenvalue weighted by Crippen LogP contribution is -2.61. The van der Waals surface area contributed by atoms with Gasteiger partial charge in [0.2, 0.25) is 5.91 Å². The maximum atomic E-state index is 13.2. The molecular formula is C23H26N8O2. The summed E-state index contributed by atoms with van der Waals surface area (Å²) in [4.78, 5) is 42.5. The van der Waals surface area contributed by atoms with Crippen LogP contribution in [0.4, 0.5) is 16.3 Å². The molecular weight excluding hydrogens is 420 g/mol. The Hall–Kier alpha value is -3.95. The van der Waals surface area contributed by atoms with Crippen LogP contribution in [-0.2, 0) is 4.79 Å². The van der Waals surface area contributed by atoms with Gasteiger partial charge in [0.05, 0.1) is 6.54 Å². The van der Waals surface area contributed by atoms with Crippen molar-refractivity contribution in [3.63, 3.8) is 0 Å². The van der Waals surface area contributed by atoms with Crippen molar-refractivity contribution >= 4 is 23.4 Å². The van der Waals surface area contributed by atoms with Crippen molar-refractivity contribution in [2.75, 3.05) is 36.4 Å². The van der Waals surface area contributed by atoms with E-state index in [1.165, 1.54) is 6.33 Å². The summed E-state index contributed by atoms with van der Waals surface area (Å²) in [5.41, 5.74) is 0.723. The van der Waals surface area contributed by atoms with Crippen LogP contribution in [0.25, 0.3) is 5.82 Å². The second-order valence-corrected chi connectivity index (χ2v) is 8.34. The van der Waals surface area contributed by atoms with Crippen molar-refractivity contribution in [3.8, 4) is 5.82 Å². The molecule has 2 aromatic heterocycles.